The van der Waals surface area contributed by atoms with E-state index in [0.29, 0.717) is 35.8 Å². The van der Waals surface area contributed by atoms with Crippen molar-refractivity contribution in [2.45, 2.75) is 33.1 Å². The predicted molar refractivity (Wildman–Crippen MR) is 99.0 cm³/mol. The molecule has 0 bridgehead atoms. The molecule has 0 aromatic heterocycles. The highest BCUT2D eigenvalue weighted by Crippen LogP contribution is 2.20. The summed E-state index contributed by atoms with van der Waals surface area (Å²) in [5.41, 5.74) is 0.600. The Morgan fingerprint density at radius 1 is 0.885 bits per heavy atom. The predicted octanol–water partition coefficient (Wildman–Crippen LogP) is 4.44. The zero-order chi connectivity index (χ0) is 18.8. The van der Waals surface area contributed by atoms with Gasteiger partial charge < -0.3 is 14.2 Å². The summed E-state index contributed by atoms with van der Waals surface area (Å²) >= 11 is 0. The summed E-state index contributed by atoms with van der Waals surface area (Å²) in [6.07, 6.45) is 2.49. The van der Waals surface area contributed by atoms with Crippen molar-refractivity contribution in [3.05, 3.63) is 54.1 Å². The molecule has 5 nitrogen and oxygen atoms in total. The van der Waals surface area contributed by atoms with Crippen LogP contribution in [0.1, 0.15) is 43.5 Å². The number of hydrogen-bond donors (Lipinski definition) is 0. The van der Waals surface area contributed by atoms with E-state index in [2.05, 4.69) is 6.92 Å². The second-order valence-electron chi connectivity index (χ2n) is 5.74. The fourth-order valence-corrected chi connectivity index (χ4v) is 2.20. The number of carbonyl (C=O) groups is 2. The van der Waals surface area contributed by atoms with Crippen LogP contribution in [0.2, 0.25) is 0 Å². The first kappa shape index (κ1) is 19.5. The summed E-state index contributed by atoms with van der Waals surface area (Å²) < 4.78 is 16.3. The molecule has 2 rings (SSSR count). The minimum atomic E-state index is -0.517. The van der Waals surface area contributed by atoms with Gasteiger partial charge in [0.1, 0.15) is 17.2 Å². The van der Waals surface area contributed by atoms with Crippen molar-refractivity contribution in [3.63, 3.8) is 0 Å². The Labute approximate surface area is 153 Å². The van der Waals surface area contributed by atoms with Crippen molar-refractivity contribution in [1.82, 2.24) is 0 Å². The van der Waals surface area contributed by atoms with E-state index in [9.17, 15) is 9.59 Å². The van der Waals surface area contributed by atoms with Crippen LogP contribution in [0.4, 0.5) is 0 Å². The highest BCUT2D eigenvalue weighted by atomic mass is 16.6. The first-order valence-corrected chi connectivity index (χ1v) is 8.82. The van der Waals surface area contributed by atoms with Gasteiger partial charge in [-0.15, -0.1) is 0 Å². The molecule has 2 aromatic rings. The van der Waals surface area contributed by atoms with Gasteiger partial charge in [0.15, 0.2) is 12.4 Å². The van der Waals surface area contributed by atoms with E-state index in [-0.39, 0.29) is 12.4 Å². The van der Waals surface area contributed by atoms with Gasteiger partial charge in [0, 0.05) is 18.1 Å². The van der Waals surface area contributed by atoms with Gasteiger partial charge in [-0.25, -0.2) is 4.79 Å². The molecule has 0 amide bonds. The zero-order valence-electron chi connectivity index (χ0n) is 15.2. The van der Waals surface area contributed by atoms with Crippen molar-refractivity contribution in [2.24, 2.45) is 0 Å². The van der Waals surface area contributed by atoms with Gasteiger partial charge in [-0.2, -0.15) is 0 Å². The van der Waals surface area contributed by atoms with E-state index >= 15 is 0 Å². The third-order valence-corrected chi connectivity index (χ3v) is 3.66. The number of carbonyl (C=O) groups excluding carboxylic acids is 2. The van der Waals surface area contributed by atoms with Gasteiger partial charge in [-0.3, -0.25) is 4.79 Å². The van der Waals surface area contributed by atoms with Crippen LogP contribution in [0.25, 0.3) is 0 Å². The second-order valence-corrected chi connectivity index (χ2v) is 5.74. The molecule has 0 unspecified atom stereocenters. The van der Waals surface area contributed by atoms with Crippen LogP contribution in [0, 0.1) is 0 Å². The molecule has 0 aliphatic heterocycles. The molecule has 0 radical (unpaired) electrons. The lowest BCUT2D eigenvalue weighted by Crippen LogP contribution is -2.17. The highest BCUT2D eigenvalue weighted by Gasteiger charge is 2.08. The third kappa shape index (κ3) is 6.24. The van der Waals surface area contributed by atoms with Crippen molar-refractivity contribution in [2.75, 3.05) is 13.2 Å². The fraction of sp³-hybridized carbons (Fsp3) is 0.333. The van der Waals surface area contributed by atoms with E-state index in [1.807, 2.05) is 12.1 Å². The molecule has 0 N–H and O–H groups in total. The minimum absolute atomic E-state index is 0.0484. The first-order chi connectivity index (χ1) is 12.6. The van der Waals surface area contributed by atoms with Gasteiger partial charge in [0.2, 0.25) is 0 Å². The number of benzene rings is 2. The van der Waals surface area contributed by atoms with Crippen LogP contribution < -0.4 is 14.2 Å². The van der Waals surface area contributed by atoms with Crippen LogP contribution in [0.15, 0.2) is 48.5 Å². The number of ether oxygens (including phenoxy) is 3. The third-order valence-electron chi connectivity index (χ3n) is 3.66. The molecule has 0 aliphatic rings. The summed E-state index contributed by atoms with van der Waals surface area (Å²) in [6, 6.07) is 13.6. The Balaban J connectivity index is 1.83. The molecule has 0 saturated carbocycles. The zero-order valence-corrected chi connectivity index (χ0v) is 15.2. The van der Waals surface area contributed by atoms with Crippen molar-refractivity contribution in [1.29, 1.82) is 0 Å². The van der Waals surface area contributed by atoms with Crippen molar-refractivity contribution in [3.8, 4) is 17.2 Å². The van der Waals surface area contributed by atoms with Gasteiger partial charge in [0.05, 0.1) is 6.61 Å². The topological polar surface area (TPSA) is 61.8 Å². The summed E-state index contributed by atoms with van der Waals surface area (Å²) in [5, 5.41) is 0. The lowest BCUT2D eigenvalue weighted by molar-refractivity contribution is -0.136. The maximum atomic E-state index is 11.9. The summed E-state index contributed by atoms with van der Waals surface area (Å²) in [5.74, 6) is 1.16. The smallest absolute Gasteiger partial charge is 0.349 e. The highest BCUT2D eigenvalue weighted by molar-refractivity contribution is 5.95. The van der Waals surface area contributed by atoms with E-state index in [0.717, 1.165) is 12.8 Å². The second kappa shape index (κ2) is 10.2. The minimum Gasteiger partial charge on any atom is -0.493 e. The maximum absolute atomic E-state index is 11.9. The molecular formula is C21H24O5. The summed E-state index contributed by atoms with van der Waals surface area (Å²) in [6.45, 7) is 4.34. The lowest BCUT2D eigenvalue weighted by atomic mass is 10.1. The molecule has 0 heterocycles. The Kier molecular flexibility index (Phi) is 7.68. The molecule has 0 fully saturated rings. The number of rotatable bonds is 10. The SMILES string of the molecule is CCCCOc1cccc(OCC(=O)Oc2ccc(C(=O)CC)cc2)c1. The Bertz CT molecular complexity index is 721. The Morgan fingerprint density at radius 2 is 1.58 bits per heavy atom. The molecule has 26 heavy (non-hydrogen) atoms. The van der Waals surface area contributed by atoms with Gasteiger partial charge >= 0.3 is 5.97 Å². The molecule has 138 valence electrons. The van der Waals surface area contributed by atoms with Crippen LogP contribution in [-0.2, 0) is 4.79 Å². The standard InChI is InChI=1S/C21H24O5/c1-3-5-13-24-18-7-6-8-19(14-18)25-15-21(23)26-17-11-9-16(10-12-17)20(22)4-2/h6-12,14H,3-5,13,15H2,1-2H3. The number of ketones is 1. The molecule has 0 saturated heterocycles. The first-order valence-electron chi connectivity index (χ1n) is 8.82. The summed E-state index contributed by atoms with van der Waals surface area (Å²) in [7, 11) is 0. The van der Waals surface area contributed by atoms with E-state index in [4.69, 9.17) is 14.2 Å². The van der Waals surface area contributed by atoms with Crippen molar-refractivity contribution >= 4 is 11.8 Å². The van der Waals surface area contributed by atoms with Gasteiger partial charge in [-0.1, -0.05) is 26.3 Å². The number of unbranched alkanes of at least 4 members (excludes halogenated alkanes) is 1. The maximum Gasteiger partial charge on any atom is 0.349 e. The largest absolute Gasteiger partial charge is 0.493 e. The van der Waals surface area contributed by atoms with Crippen LogP contribution in [-0.4, -0.2) is 25.0 Å². The molecular weight excluding hydrogens is 332 g/mol. The quantitative estimate of drug-likeness (QED) is 0.272. The monoisotopic (exact) mass is 356 g/mol. The van der Waals surface area contributed by atoms with E-state index in [1.165, 1.54) is 0 Å². The molecule has 0 aliphatic carbocycles. The van der Waals surface area contributed by atoms with Crippen LogP contribution in [0.5, 0.6) is 17.2 Å². The number of esters is 1. The van der Waals surface area contributed by atoms with Crippen LogP contribution >= 0.6 is 0 Å². The number of hydrogen-bond acceptors (Lipinski definition) is 5. The van der Waals surface area contributed by atoms with E-state index in [1.54, 1.807) is 43.3 Å². The Hall–Kier alpha value is -2.82. The summed E-state index contributed by atoms with van der Waals surface area (Å²) in [4.78, 5) is 23.5. The molecule has 0 atom stereocenters. The lowest BCUT2D eigenvalue weighted by Gasteiger charge is -2.09. The average molecular weight is 356 g/mol. The normalized spacial score (nSPS) is 10.2. The van der Waals surface area contributed by atoms with Crippen LogP contribution in [0.3, 0.4) is 0 Å². The molecule has 5 heteroatoms. The fourth-order valence-electron chi connectivity index (χ4n) is 2.20. The van der Waals surface area contributed by atoms with Gasteiger partial charge in [0.25, 0.3) is 0 Å². The molecule has 2 aromatic carbocycles. The number of Topliss-reactive ketones (excluding diaryl/α,β-unsaturated/α-hetero) is 1. The molecule has 0 spiro atoms. The Morgan fingerprint density at radius 3 is 2.23 bits per heavy atom. The van der Waals surface area contributed by atoms with Crippen molar-refractivity contribution < 1.29 is 23.8 Å². The van der Waals surface area contributed by atoms with E-state index < -0.39 is 5.97 Å². The average Bonchev–Trinajstić information content (AvgIpc) is 2.67. The van der Waals surface area contributed by atoms with Gasteiger partial charge in [-0.05, 0) is 42.8 Å².